The molecule has 0 atom stereocenters. The molecule has 3 aromatic carbocycles. The molecule has 0 heterocycles. The predicted octanol–water partition coefficient (Wildman–Crippen LogP) is 3.96. The van der Waals surface area contributed by atoms with Crippen LogP contribution in [0.5, 0.6) is 5.75 Å². The minimum Gasteiger partial charge on any atom is -0.483 e. The van der Waals surface area contributed by atoms with Gasteiger partial charge in [0.25, 0.3) is 11.8 Å². The lowest BCUT2D eigenvalue weighted by Crippen LogP contribution is -2.31. The fourth-order valence-electron chi connectivity index (χ4n) is 3.03. The number of likely N-dealkylation sites (N-methyl/N-ethyl adjacent to an activating group) is 1. The van der Waals surface area contributed by atoms with Gasteiger partial charge in [-0.1, -0.05) is 66.7 Å². The maximum atomic E-state index is 12.6. The number of benzene rings is 3. The van der Waals surface area contributed by atoms with E-state index in [4.69, 9.17) is 4.74 Å². The molecule has 2 amide bonds. The summed E-state index contributed by atoms with van der Waals surface area (Å²) < 4.78 is 5.71. The smallest absolute Gasteiger partial charge is 0.260 e. The normalized spacial score (nSPS) is 10.3. The third-order valence-electron chi connectivity index (χ3n) is 4.87. The summed E-state index contributed by atoms with van der Waals surface area (Å²) in [5.74, 6) is -0.00591. The van der Waals surface area contributed by atoms with Crippen molar-refractivity contribution in [3.63, 3.8) is 0 Å². The van der Waals surface area contributed by atoms with Gasteiger partial charge in [0.15, 0.2) is 6.61 Å². The summed E-state index contributed by atoms with van der Waals surface area (Å²) in [6.45, 7) is 2.82. The van der Waals surface area contributed by atoms with Gasteiger partial charge in [-0.05, 0) is 35.7 Å². The van der Waals surface area contributed by atoms with Crippen molar-refractivity contribution in [3.05, 3.63) is 101 Å². The molecule has 3 rings (SSSR count). The zero-order valence-electron chi connectivity index (χ0n) is 17.3. The number of aryl methyl sites for hydroxylation is 1. The number of nitrogens with one attached hydrogen (secondary N) is 1. The summed E-state index contributed by atoms with van der Waals surface area (Å²) in [5.41, 5.74) is 3.65. The van der Waals surface area contributed by atoms with E-state index in [0.29, 0.717) is 24.4 Å². The van der Waals surface area contributed by atoms with Gasteiger partial charge in [-0.25, -0.2) is 0 Å². The van der Waals surface area contributed by atoms with Crippen LogP contribution >= 0.6 is 0 Å². The number of ether oxygens (including phenoxy) is 1. The van der Waals surface area contributed by atoms with Crippen molar-refractivity contribution in [2.24, 2.45) is 0 Å². The Kier molecular flexibility index (Phi) is 7.22. The molecule has 0 fully saturated rings. The molecule has 5 nitrogen and oxygen atoms in total. The van der Waals surface area contributed by atoms with Crippen molar-refractivity contribution >= 4 is 11.8 Å². The Hall–Kier alpha value is -3.60. The van der Waals surface area contributed by atoms with Crippen molar-refractivity contribution < 1.29 is 14.3 Å². The van der Waals surface area contributed by atoms with Gasteiger partial charge in [0.2, 0.25) is 0 Å². The van der Waals surface area contributed by atoms with E-state index >= 15 is 0 Å². The van der Waals surface area contributed by atoms with Gasteiger partial charge in [0.1, 0.15) is 5.75 Å². The van der Waals surface area contributed by atoms with Gasteiger partial charge in [0.05, 0.1) is 5.56 Å². The molecule has 5 heteroatoms. The molecule has 0 saturated carbocycles. The highest BCUT2D eigenvalue weighted by molar-refractivity contribution is 5.97. The summed E-state index contributed by atoms with van der Waals surface area (Å²) in [6.07, 6.45) is 0. The first-order valence-corrected chi connectivity index (χ1v) is 9.87. The second-order valence-electron chi connectivity index (χ2n) is 7.13. The SMILES string of the molecule is Cc1ccccc1CN(C)C(=O)COc1ccccc1C(=O)NCc1ccccc1. The van der Waals surface area contributed by atoms with E-state index in [-0.39, 0.29) is 18.4 Å². The largest absolute Gasteiger partial charge is 0.483 e. The number of hydrogen-bond acceptors (Lipinski definition) is 3. The molecule has 0 aliphatic carbocycles. The second kappa shape index (κ2) is 10.3. The third-order valence-corrected chi connectivity index (χ3v) is 4.87. The number of nitrogens with zero attached hydrogens (tertiary/aromatic N) is 1. The van der Waals surface area contributed by atoms with E-state index in [0.717, 1.165) is 16.7 Å². The first kappa shape index (κ1) is 21.1. The average Bonchev–Trinajstić information content (AvgIpc) is 2.78. The van der Waals surface area contributed by atoms with E-state index in [1.54, 1.807) is 36.2 Å². The minimum atomic E-state index is -0.241. The molecule has 0 radical (unpaired) electrons. The summed E-state index contributed by atoms with van der Waals surface area (Å²) in [7, 11) is 1.75. The molecule has 0 spiro atoms. The Labute approximate surface area is 177 Å². The molecule has 0 aromatic heterocycles. The Morgan fingerprint density at radius 1 is 0.900 bits per heavy atom. The highest BCUT2D eigenvalue weighted by Crippen LogP contribution is 2.18. The quantitative estimate of drug-likeness (QED) is 0.620. The molecule has 3 aromatic rings. The number of rotatable bonds is 8. The van der Waals surface area contributed by atoms with Crippen molar-refractivity contribution in [1.29, 1.82) is 0 Å². The lowest BCUT2D eigenvalue weighted by molar-refractivity contribution is -0.132. The van der Waals surface area contributed by atoms with Gasteiger partial charge >= 0.3 is 0 Å². The standard InChI is InChI=1S/C25H26N2O3/c1-19-10-6-7-13-21(19)17-27(2)24(28)18-30-23-15-9-8-14-22(23)25(29)26-16-20-11-4-3-5-12-20/h3-15H,16-18H2,1-2H3,(H,26,29). The Balaban J connectivity index is 1.58. The van der Waals surface area contributed by atoms with Crippen molar-refractivity contribution in [3.8, 4) is 5.75 Å². The Morgan fingerprint density at radius 3 is 2.33 bits per heavy atom. The fourth-order valence-corrected chi connectivity index (χ4v) is 3.03. The van der Waals surface area contributed by atoms with Crippen LogP contribution in [0.4, 0.5) is 0 Å². The highest BCUT2D eigenvalue weighted by Gasteiger charge is 2.15. The first-order chi connectivity index (χ1) is 14.5. The van der Waals surface area contributed by atoms with Crippen LogP contribution < -0.4 is 10.1 Å². The monoisotopic (exact) mass is 402 g/mol. The van der Waals surface area contributed by atoms with E-state index < -0.39 is 0 Å². The van der Waals surface area contributed by atoms with Crippen LogP contribution in [0.3, 0.4) is 0 Å². The Morgan fingerprint density at radius 2 is 1.57 bits per heavy atom. The molecule has 30 heavy (non-hydrogen) atoms. The minimum absolute atomic E-state index is 0.134. The third kappa shape index (κ3) is 5.70. The summed E-state index contributed by atoms with van der Waals surface area (Å²) >= 11 is 0. The van der Waals surface area contributed by atoms with E-state index in [9.17, 15) is 9.59 Å². The molecule has 154 valence electrons. The molecule has 0 bridgehead atoms. The van der Waals surface area contributed by atoms with Crippen LogP contribution in [0.15, 0.2) is 78.9 Å². The van der Waals surface area contributed by atoms with Crippen LogP contribution in [-0.2, 0) is 17.9 Å². The topological polar surface area (TPSA) is 58.6 Å². The average molecular weight is 402 g/mol. The number of carbonyl (C=O) groups excluding carboxylic acids is 2. The van der Waals surface area contributed by atoms with Gasteiger partial charge < -0.3 is 15.0 Å². The Bertz CT molecular complexity index is 1000. The van der Waals surface area contributed by atoms with E-state index in [2.05, 4.69) is 5.32 Å². The van der Waals surface area contributed by atoms with Gasteiger partial charge in [-0.3, -0.25) is 9.59 Å². The maximum Gasteiger partial charge on any atom is 0.260 e. The highest BCUT2D eigenvalue weighted by atomic mass is 16.5. The summed E-state index contributed by atoms with van der Waals surface area (Å²) in [6, 6.07) is 24.6. The number of para-hydroxylation sites is 1. The number of carbonyl (C=O) groups is 2. The second-order valence-corrected chi connectivity index (χ2v) is 7.13. The molecular formula is C25H26N2O3. The van der Waals surface area contributed by atoms with Crippen LogP contribution in [0.1, 0.15) is 27.0 Å². The van der Waals surface area contributed by atoms with E-state index in [1.165, 1.54) is 0 Å². The molecule has 0 unspecified atom stereocenters. The van der Waals surface area contributed by atoms with Crippen molar-refractivity contribution in [2.75, 3.05) is 13.7 Å². The van der Waals surface area contributed by atoms with Crippen LogP contribution in [0.25, 0.3) is 0 Å². The molecular weight excluding hydrogens is 376 g/mol. The lowest BCUT2D eigenvalue weighted by atomic mass is 10.1. The first-order valence-electron chi connectivity index (χ1n) is 9.87. The lowest BCUT2D eigenvalue weighted by Gasteiger charge is -2.19. The van der Waals surface area contributed by atoms with Gasteiger partial charge in [-0.15, -0.1) is 0 Å². The zero-order valence-corrected chi connectivity index (χ0v) is 17.3. The summed E-state index contributed by atoms with van der Waals surface area (Å²) in [4.78, 5) is 26.8. The van der Waals surface area contributed by atoms with E-state index in [1.807, 2.05) is 61.5 Å². The van der Waals surface area contributed by atoms with Crippen molar-refractivity contribution in [2.45, 2.75) is 20.0 Å². The van der Waals surface area contributed by atoms with Crippen molar-refractivity contribution in [1.82, 2.24) is 10.2 Å². The van der Waals surface area contributed by atoms with Gasteiger partial charge in [0, 0.05) is 20.1 Å². The molecule has 0 aliphatic rings. The number of hydrogen-bond donors (Lipinski definition) is 1. The maximum absolute atomic E-state index is 12.6. The summed E-state index contributed by atoms with van der Waals surface area (Å²) in [5, 5.41) is 2.89. The molecule has 0 aliphatic heterocycles. The van der Waals surface area contributed by atoms with Crippen LogP contribution in [0, 0.1) is 6.92 Å². The van der Waals surface area contributed by atoms with Crippen LogP contribution in [0.2, 0.25) is 0 Å². The fraction of sp³-hybridized carbons (Fsp3) is 0.200. The van der Waals surface area contributed by atoms with Gasteiger partial charge in [-0.2, -0.15) is 0 Å². The zero-order chi connectivity index (χ0) is 21.3. The molecule has 1 N–H and O–H groups in total. The predicted molar refractivity (Wildman–Crippen MR) is 117 cm³/mol. The molecule has 0 saturated heterocycles. The van der Waals surface area contributed by atoms with Crippen LogP contribution in [-0.4, -0.2) is 30.4 Å². The number of amides is 2.